The van der Waals surface area contributed by atoms with Crippen molar-refractivity contribution >= 4 is 5.91 Å². The van der Waals surface area contributed by atoms with Crippen molar-refractivity contribution < 1.29 is 14.3 Å². The van der Waals surface area contributed by atoms with Crippen LogP contribution in [-0.4, -0.2) is 26.2 Å². The van der Waals surface area contributed by atoms with E-state index in [2.05, 4.69) is 36.5 Å². The van der Waals surface area contributed by atoms with Gasteiger partial charge in [-0.15, -0.1) is 0 Å². The summed E-state index contributed by atoms with van der Waals surface area (Å²) in [5, 5.41) is 2.99. The Bertz CT molecular complexity index is 686. The summed E-state index contributed by atoms with van der Waals surface area (Å²) in [7, 11) is 1.61. The van der Waals surface area contributed by atoms with Crippen molar-refractivity contribution in [2.75, 3.05) is 20.3 Å². The lowest BCUT2D eigenvalue weighted by atomic mass is 10.1. The van der Waals surface area contributed by atoms with Crippen molar-refractivity contribution in [2.45, 2.75) is 90.5 Å². The van der Waals surface area contributed by atoms with E-state index in [4.69, 9.17) is 15.2 Å². The third-order valence-electron chi connectivity index (χ3n) is 5.45. The van der Waals surface area contributed by atoms with Crippen molar-refractivity contribution in [2.24, 2.45) is 5.73 Å². The molecule has 0 aliphatic heterocycles. The Morgan fingerprint density at radius 1 is 0.939 bits per heavy atom. The highest BCUT2D eigenvalue weighted by Crippen LogP contribution is 2.28. The number of methoxy groups -OCH3 is 1. The number of hydrogen-bond acceptors (Lipinski definition) is 4. The average molecular weight is 459 g/mol. The van der Waals surface area contributed by atoms with E-state index in [1.807, 2.05) is 18.2 Å². The molecule has 1 amide bonds. The van der Waals surface area contributed by atoms with Gasteiger partial charge in [-0.25, -0.2) is 0 Å². The lowest BCUT2D eigenvalue weighted by Gasteiger charge is -2.12. The minimum Gasteiger partial charge on any atom is -0.493 e. The van der Waals surface area contributed by atoms with Crippen LogP contribution in [0, 0.1) is 0 Å². The fraction of sp³-hybridized carbons (Fsp3) is 0.607. The van der Waals surface area contributed by atoms with E-state index in [0.717, 1.165) is 31.2 Å². The number of unbranched alkanes of at least 4 members (excludes halogenated alkanes) is 8. The molecule has 0 bridgehead atoms. The number of hydrogen-bond donors (Lipinski definition) is 2. The number of nitrogens with one attached hydrogen (secondary N) is 1. The highest BCUT2D eigenvalue weighted by atomic mass is 16.5. The Balaban J connectivity index is 2.04. The first-order valence-electron chi connectivity index (χ1n) is 12.8. The van der Waals surface area contributed by atoms with Crippen LogP contribution in [0.25, 0.3) is 0 Å². The summed E-state index contributed by atoms with van der Waals surface area (Å²) < 4.78 is 10.9. The molecule has 33 heavy (non-hydrogen) atoms. The van der Waals surface area contributed by atoms with Crippen LogP contribution in [0.2, 0.25) is 0 Å². The highest BCUT2D eigenvalue weighted by molar-refractivity contribution is 5.75. The molecule has 1 rings (SSSR count). The van der Waals surface area contributed by atoms with Gasteiger partial charge in [0.25, 0.3) is 0 Å². The molecular formula is C28H46N2O3. The van der Waals surface area contributed by atoms with Crippen LogP contribution < -0.4 is 20.5 Å². The summed E-state index contributed by atoms with van der Waals surface area (Å²) in [5.74, 6) is 1.43. The van der Waals surface area contributed by atoms with Crippen molar-refractivity contribution in [3.63, 3.8) is 0 Å². The second-order valence-corrected chi connectivity index (χ2v) is 8.38. The van der Waals surface area contributed by atoms with Gasteiger partial charge in [0.1, 0.15) is 6.61 Å². The largest absolute Gasteiger partial charge is 0.493 e. The van der Waals surface area contributed by atoms with Crippen LogP contribution >= 0.6 is 0 Å². The van der Waals surface area contributed by atoms with E-state index in [1.165, 1.54) is 44.9 Å². The molecule has 1 aromatic carbocycles. The maximum absolute atomic E-state index is 12.1. The summed E-state index contributed by atoms with van der Waals surface area (Å²) in [6.07, 6.45) is 22.8. The topological polar surface area (TPSA) is 73.6 Å². The molecule has 5 nitrogen and oxygen atoms in total. The first kappa shape index (κ1) is 28.8. The first-order chi connectivity index (χ1) is 16.2. The monoisotopic (exact) mass is 458 g/mol. The number of rotatable bonds is 20. The smallest absolute Gasteiger partial charge is 0.220 e. The van der Waals surface area contributed by atoms with Gasteiger partial charge in [0.05, 0.1) is 7.11 Å². The Morgan fingerprint density at radius 2 is 1.64 bits per heavy atom. The van der Waals surface area contributed by atoms with Crippen LogP contribution in [0.15, 0.2) is 42.5 Å². The lowest BCUT2D eigenvalue weighted by molar-refractivity contribution is -0.121. The van der Waals surface area contributed by atoms with Crippen LogP contribution in [0.4, 0.5) is 0 Å². The predicted octanol–water partition coefficient (Wildman–Crippen LogP) is 6.46. The highest BCUT2D eigenvalue weighted by Gasteiger charge is 2.07. The molecule has 0 radical (unpaired) electrons. The van der Waals surface area contributed by atoms with Gasteiger partial charge < -0.3 is 20.5 Å². The molecule has 0 aromatic heterocycles. The van der Waals surface area contributed by atoms with Crippen molar-refractivity contribution in [3.8, 4) is 11.5 Å². The molecule has 0 atom stereocenters. The first-order valence-corrected chi connectivity index (χ1v) is 12.8. The quantitative estimate of drug-likeness (QED) is 0.174. The second kappa shape index (κ2) is 20.3. The zero-order valence-corrected chi connectivity index (χ0v) is 21.0. The van der Waals surface area contributed by atoms with Crippen molar-refractivity contribution in [3.05, 3.63) is 48.1 Å². The van der Waals surface area contributed by atoms with Gasteiger partial charge in [-0.1, -0.05) is 69.4 Å². The standard InChI is InChI=1S/C28H46N2O3/c1-3-4-5-6-7-8-9-10-11-12-13-14-15-16-17-18-28(31)30-24-25-19-20-26(33-22-21-29)27(23-25)32-2/h7-8,10-11,19-20,23H,3-6,9,12-18,21-22,24,29H2,1-2H3,(H,30,31). The van der Waals surface area contributed by atoms with E-state index in [1.54, 1.807) is 7.11 Å². The molecule has 0 saturated heterocycles. The SMILES string of the molecule is CCCCCC=CCC=CCCCCCCCC(=O)NCc1ccc(OCCN)c(OC)c1. The Morgan fingerprint density at radius 3 is 2.33 bits per heavy atom. The number of ether oxygens (including phenoxy) is 2. The molecular weight excluding hydrogens is 412 g/mol. The number of carbonyl (C=O) groups excluding carboxylic acids is 1. The summed E-state index contributed by atoms with van der Waals surface area (Å²) >= 11 is 0. The number of nitrogens with two attached hydrogens (primary N) is 1. The van der Waals surface area contributed by atoms with Crippen LogP contribution in [0.5, 0.6) is 11.5 Å². The molecule has 3 N–H and O–H groups in total. The van der Waals surface area contributed by atoms with Crippen LogP contribution in [-0.2, 0) is 11.3 Å². The van der Waals surface area contributed by atoms with Gasteiger partial charge in [0, 0.05) is 19.5 Å². The fourth-order valence-corrected chi connectivity index (χ4v) is 3.50. The third-order valence-corrected chi connectivity index (χ3v) is 5.45. The van der Waals surface area contributed by atoms with Crippen molar-refractivity contribution in [1.82, 2.24) is 5.32 Å². The minimum absolute atomic E-state index is 0.100. The van der Waals surface area contributed by atoms with Crippen LogP contribution in [0.3, 0.4) is 0 Å². The van der Waals surface area contributed by atoms with Gasteiger partial charge in [0.2, 0.25) is 5.91 Å². The molecule has 0 aliphatic rings. The molecule has 1 aromatic rings. The van der Waals surface area contributed by atoms with E-state index in [9.17, 15) is 4.79 Å². The van der Waals surface area contributed by atoms with Gasteiger partial charge in [-0.05, 0) is 56.2 Å². The van der Waals surface area contributed by atoms with Gasteiger partial charge in [0.15, 0.2) is 11.5 Å². The number of carbonyl (C=O) groups is 1. The maximum Gasteiger partial charge on any atom is 0.220 e. The minimum atomic E-state index is 0.100. The molecule has 0 spiro atoms. The lowest BCUT2D eigenvalue weighted by Crippen LogP contribution is -2.22. The zero-order valence-electron chi connectivity index (χ0n) is 21.0. The van der Waals surface area contributed by atoms with Gasteiger partial charge in [-0.2, -0.15) is 0 Å². The Kier molecular flexibility index (Phi) is 17.7. The predicted molar refractivity (Wildman–Crippen MR) is 139 cm³/mol. The van der Waals surface area contributed by atoms with E-state index >= 15 is 0 Å². The average Bonchev–Trinajstić information content (AvgIpc) is 2.84. The number of allylic oxidation sites excluding steroid dienone is 4. The molecule has 186 valence electrons. The zero-order chi connectivity index (χ0) is 24.0. The molecule has 0 aliphatic carbocycles. The molecule has 0 heterocycles. The summed E-state index contributed by atoms with van der Waals surface area (Å²) in [6, 6.07) is 5.69. The molecule has 5 heteroatoms. The Hall–Kier alpha value is -2.27. The van der Waals surface area contributed by atoms with E-state index < -0.39 is 0 Å². The van der Waals surface area contributed by atoms with Crippen LogP contribution in [0.1, 0.15) is 89.5 Å². The second-order valence-electron chi connectivity index (χ2n) is 8.38. The van der Waals surface area contributed by atoms with Crippen molar-refractivity contribution in [1.29, 1.82) is 0 Å². The van der Waals surface area contributed by atoms with E-state index in [-0.39, 0.29) is 5.91 Å². The molecule has 0 fully saturated rings. The van der Waals surface area contributed by atoms with Gasteiger partial charge >= 0.3 is 0 Å². The third kappa shape index (κ3) is 15.2. The summed E-state index contributed by atoms with van der Waals surface area (Å²) in [5.41, 5.74) is 6.46. The number of amides is 1. The summed E-state index contributed by atoms with van der Waals surface area (Å²) in [4.78, 5) is 12.1. The summed E-state index contributed by atoms with van der Waals surface area (Å²) in [6.45, 7) is 3.63. The number of benzene rings is 1. The Labute approximate surface area is 201 Å². The normalized spacial score (nSPS) is 11.4. The molecule has 0 saturated carbocycles. The van der Waals surface area contributed by atoms with E-state index in [0.29, 0.717) is 37.6 Å². The fourth-order valence-electron chi connectivity index (χ4n) is 3.50. The maximum atomic E-state index is 12.1. The van der Waals surface area contributed by atoms with Gasteiger partial charge in [-0.3, -0.25) is 4.79 Å². The molecule has 0 unspecified atom stereocenters.